The molecular formula is C14H20N2O2. The highest BCUT2D eigenvalue weighted by Crippen LogP contribution is 2.35. The summed E-state index contributed by atoms with van der Waals surface area (Å²) in [6.07, 6.45) is 2.32. The van der Waals surface area contributed by atoms with Gasteiger partial charge >= 0.3 is 0 Å². The summed E-state index contributed by atoms with van der Waals surface area (Å²) in [5, 5.41) is 9.47. The first-order chi connectivity index (χ1) is 8.54. The molecule has 0 spiro atoms. The minimum atomic E-state index is -0.0274. The minimum absolute atomic E-state index is 0.0274. The van der Waals surface area contributed by atoms with Crippen LogP contribution in [0.3, 0.4) is 0 Å². The molecule has 18 heavy (non-hydrogen) atoms. The van der Waals surface area contributed by atoms with E-state index in [4.69, 9.17) is 5.73 Å². The number of likely N-dealkylation sites (N-methyl/N-ethyl adjacent to an activating group) is 1. The molecule has 0 bridgehead atoms. The first kappa shape index (κ1) is 12.9. The van der Waals surface area contributed by atoms with Gasteiger partial charge in [0, 0.05) is 25.2 Å². The van der Waals surface area contributed by atoms with E-state index in [-0.39, 0.29) is 17.7 Å². The lowest BCUT2D eigenvalue weighted by Gasteiger charge is -2.27. The van der Waals surface area contributed by atoms with Crippen LogP contribution in [0.1, 0.15) is 28.8 Å². The molecule has 1 aliphatic carbocycles. The predicted octanol–water partition coefficient (Wildman–Crippen LogP) is 1.51. The number of amides is 1. The van der Waals surface area contributed by atoms with Crippen molar-refractivity contribution in [3.63, 3.8) is 0 Å². The fourth-order valence-electron chi connectivity index (χ4n) is 2.29. The van der Waals surface area contributed by atoms with Gasteiger partial charge in [-0.1, -0.05) is 0 Å². The Kier molecular flexibility index (Phi) is 3.57. The molecule has 98 valence electrons. The Morgan fingerprint density at radius 2 is 2.22 bits per heavy atom. The summed E-state index contributed by atoms with van der Waals surface area (Å²) in [7, 11) is 1.81. The molecule has 1 fully saturated rings. The van der Waals surface area contributed by atoms with E-state index in [1.807, 2.05) is 0 Å². The number of carbonyl (C=O) groups is 1. The first-order valence-corrected chi connectivity index (χ1v) is 6.31. The normalized spacial score (nSPS) is 16.4. The molecule has 0 radical (unpaired) electrons. The molecule has 2 rings (SSSR count). The topological polar surface area (TPSA) is 66.6 Å². The van der Waals surface area contributed by atoms with Crippen molar-refractivity contribution in [2.24, 2.45) is 11.7 Å². The van der Waals surface area contributed by atoms with Crippen LogP contribution in [-0.2, 0) is 0 Å². The maximum atomic E-state index is 12.3. The number of hydrogen-bond acceptors (Lipinski definition) is 3. The fraction of sp³-hybridized carbons (Fsp3) is 0.500. The van der Waals surface area contributed by atoms with Crippen molar-refractivity contribution in [1.29, 1.82) is 0 Å². The predicted molar refractivity (Wildman–Crippen MR) is 70.5 cm³/mol. The second kappa shape index (κ2) is 4.98. The van der Waals surface area contributed by atoms with Crippen LogP contribution in [-0.4, -0.2) is 35.5 Å². The molecule has 0 aromatic heterocycles. The number of carbonyl (C=O) groups excluding carboxylic acids is 1. The number of aromatic hydroxyl groups is 1. The van der Waals surface area contributed by atoms with Crippen LogP contribution in [0.5, 0.6) is 5.75 Å². The Morgan fingerprint density at radius 3 is 2.72 bits per heavy atom. The Bertz CT molecular complexity index is 455. The van der Waals surface area contributed by atoms with Crippen molar-refractivity contribution >= 4 is 5.91 Å². The van der Waals surface area contributed by atoms with Gasteiger partial charge in [-0.2, -0.15) is 0 Å². The Balaban J connectivity index is 2.16. The van der Waals surface area contributed by atoms with Gasteiger partial charge in [0.25, 0.3) is 5.91 Å². The monoisotopic (exact) mass is 248 g/mol. The van der Waals surface area contributed by atoms with Crippen molar-refractivity contribution in [2.45, 2.75) is 25.8 Å². The molecule has 0 aliphatic heterocycles. The minimum Gasteiger partial charge on any atom is -0.508 e. The number of benzene rings is 1. The fourth-order valence-corrected chi connectivity index (χ4v) is 2.29. The average Bonchev–Trinajstić information content (AvgIpc) is 3.17. The number of phenols is 1. The number of nitrogens with zero attached hydrogens (tertiary/aromatic N) is 1. The zero-order valence-electron chi connectivity index (χ0n) is 10.9. The number of nitrogens with two attached hydrogens (primary N) is 1. The second-order valence-corrected chi connectivity index (χ2v) is 5.06. The van der Waals surface area contributed by atoms with E-state index in [1.54, 1.807) is 37.1 Å². The van der Waals surface area contributed by atoms with E-state index >= 15 is 0 Å². The van der Waals surface area contributed by atoms with Gasteiger partial charge in [0.15, 0.2) is 0 Å². The standard InChI is InChI=1S/C14H20N2O2/c1-9-7-11(5-6-13(9)17)14(18)16(2)12(8-15)10-3-4-10/h5-7,10,12,17H,3-4,8,15H2,1-2H3. The molecule has 1 unspecified atom stereocenters. The number of hydrogen-bond donors (Lipinski definition) is 2. The number of rotatable bonds is 4. The van der Waals surface area contributed by atoms with E-state index in [0.29, 0.717) is 23.6 Å². The molecule has 1 aliphatic rings. The van der Waals surface area contributed by atoms with Crippen molar-refractivity contribution in [3.05, 3.63) is 29.3 Å². The lowest BCUT2D eigenvalue weighted by atomic mass is 10.1. The van der Waals surface area contributed by atoms with Crippen LogP contribution in [0.2, 0.25) is 0 Å². The molecule has 1 aromatic rings. The zero-order valence-corrected chi connectivity index (χ0v) is 10.9. The maximum absolute atomic E-state index is 12.3. The van der Waals surface area contributed by atoms with E-state index in [1.165, 1.54) is 0 Å². The second-order valence-electron chi connectivity index (χ2n) is 5.06. The number of aryl methyl sites for hydroxylation is 1. The van der Waals surface area contributed by atoms with Crippen LogP contribution >= 0.6 is 0 Å². The highest BCUT2D eigenvalue weighted by molar-refractivity contribution is 5.94. The highest BCUT2D eigenvalue weighted by Gasteiger charge is 2.35. The summed E-state index contributed by atoms with van der Waals surface area (Å²) < 4.78 is 0. The van der Waals surface area contributed by atoms with Gasteiger partial charge in [0.1, 0.15) is 5.75 Å². The molecule has 4 heteroatoms. The summed E-state index contributed by atoms with van der Waals surface area (Å²) >= 11 is 0. The maximum Gasteiger partial charge on any atom is 0.253 e. The van der Waals surface area contributed by atoms with Gasteiger partial charge in [-0.15, -0.1) is 0 Å². The summed E-state index contributed by atoms with van der Waals surface area (Å²) in [5.41, 5.74) is 7.07. The van der Waals surface area contributed by atoms with Crippen molar-refractivity contribution in [1.82, 2.24) is 4.90 Å². The Labute approximate surface area is 107 Å². The molecule has 1 aromatic carbocycles. The Hall–Kier alpha value is -1.55. The third kappa shape index (κ3) is 2.48. The summed E-state index contributed by atoms with van der Waals surface area (Å²) in [4.78, 5) is 14.1. The Morgan fingerprint density at radius 1 is 1.56 bits per heavy atom. The van der Waals surface area contributed by atoms with Crippen LogP contribution in [0.25, 0.3) is 0 Å². The van der Waals surface area contributed by atoms with Crippen molar-refractivity contribution in [2.75, 3.05) is 13.6 Å². The molecule has 1 atom stereocenters. The van der Waals surface area contributed by atoms with E-state index < -0.39 is 0 Å². The van der Waals surface area contributed by atoms with Crippen LogP contribution in [0.15, 0.2) is 18.2 Å². The summed E-state index contributed by atoms with van der Waals surface area (Å²) in [6, 6.07) is 5.06. The SMILES string of the molecule is Cc1cc(C(=O)N(C)C(CN)C2CC2)ccc1O. The smallest absolute Gasteiger partial charge is 0.253 e. The van der Waals surface area contributed by atoms with Crippen LogP contribution in [0.4, 0.5) is 0 Å². The van der Waals surface area contributed by atoms with Gasteiger partial charge in [-0.25, -0.2) is 0 Å². The van der Waals surface area contributed by atoms with E-state index in [0.717, 1.165) is 12.8 Å². The lowest BCUT2D eigenvalue weighted by Crippen LogP contribution is -2.43. The van der Waals surface area contributed by atoms with E-state index in [9.17, 15) is 9.90 Å². The van der Waals surface area contributed by atoms with Crippen LogP contribution in [0, 0.1) is 12.8 Å². The van der Waals surface area contributed by atoms with Crippen LogP contribution < -0.4 is 5.73 Å². The number of phenolic OH excluding ortho intramolecular Hbond substituents is 1. The van der Waals surface area contributed by atoms with Gasteiger partial charge in [0.2, 0.25) is 0 Å². The van der Waals surface area contributed by atoms with Gasteiger partial charge in [-0.05, 0) is 49.4 Å². The molecule has 3 N–H and O–H groups in total. The largest absolute Gasteiger partial charge is 0.508 e. The third-order valence-electron chi connectivity index (χ3n) is 3.67. The molecule has 0 heterocycles. The molecule has 0 saturated heterocycles. The van der Waals surface area contributed by atoms with Gasteiger partial charge in [0.05, 0.1) is 0 Å². The summed E-state index contributed by atoms with van der Waals surface area (Å²) in [5.74, 6) is 0.745. The quantitative estimate of drug-likeness (QED) is 0.848. The molecule has 1 saturated carbocycles. The lowest BCUT2D eigenvalue weighted by molar-refractivity contribution is 0.0718. The molecule has 1 amide bonds. The average molecular weight is 248 g/mol. The molecule has 4 nitrogen and oxygen atoms in total. The first-order valence-electron chi connectivity index (χ1n) is 6.31. The highest BCUT2D eigenvalue weighted by atomic mass is 16.3. The zero-order chi connectivity index (χ0) is 13.3. The summed E-state index contributed by atoms with van der Waals surface area (Å²) in [6.45, 7) is 2.29. The van der Waals surface area contributed by atoms with Gasteiger partial charge < -0.3 is 15.7 Å². The van der Waals surface area contributed by atoms with Crippen molar-refractivity contribution < 1.29 is 9.90 Å². The van der Waals surface area contributed by atoms with Crippen molar-refractivity contribution in [3.8, 4) is 5.75 Å². The van der Waals surface area contributed by atoms with Gasteiger partial charge in [-0.3, -0.25) is 4.79 Å². The third-order valence-corrected chi connectivity index (χ3v) is 3.67. The van der Waals surface area contributed by atoms with E-state index in [2.05, 4.69) is 0 Å². The molecular weight excluding hydrogens is 228 g/mol.